The number of nitrogens with one attached hydrogen (secondary N) is 1. The summed E-state index contributed by atoms with van der Waals surface area (Å²) in [5.74, 6) is 0. The van der Waals surface area contributed by atoms with Gasteiger partial charge in [0.15, 0.2) is 0 Å². The second-order valence-corrected chi connectivity index (χ2v) is 3.04. The molecule has 2 heterocycles. The highest BCUT2D eigenvalue weighted by molar-refractivity contribution is 8.00. The van der Waals surface area contributed by atoms with Crippen LogP contribution in [-0.4, -0.2) is 17.0 Å². The molecule has 10 heavy (non-hydrogen) atoms. The van der Waals surface area contributed by atoms with Crippen LogP contribution in [0.1, 0.15) is 0 Å². The zero-order valence-corrected chi connectivity index (χ0v) is 6.17. The van der Waals surface area contributed by atoms with Crippen LogP contribution in [0.25, 0.3) is 0 Å². The fraction of sp³-hybridized carbons (Fsp3) is 0.333. The van der Waals surface area contributed by atoms with Gasteiger partial charge in [0.1, 0.15) is 12.4 Å². The maximum absolute atomic E-state index is 4.86. The molecule has 2 aliphatic heterocycles. The van der Waals surface area contributed by atoms with Crippen LogP contribution in [0.2, 0.25) is 0 Å². The van der Waals surface area contributed by atoms with Crippen molar-refractivity contribution >= 4 is 11.9 Å². The summed E-state index contributed by atoms with van der Waals surface area (Å²) in [6.45, 7) is 0.982. The molecule has 3 nitrogen and oxygen atoms in total. The van der Waals surface area contributed by atoms with Gasteiger partial charge in [0.2, 0.25) is 0 Å². The largest absolute Gasteiger partial charge is 0.415 e. The lowest BCUT2D eigenvalue weighted by Gasteiger charge is -2.18. The maximum Gasteiger partial charge on any atom is 0.126 e. The molecular weight excluding hydrogens is 148 g/mol. The van der Waals surface area contributed by atoms with Gasteiger partial charge < -0.3 is 4.84 Å². The molecule has 0 aromatic heterocycles. The molecule has 2 rings (SSSR count). The highest BCUT2D eigenvalue weighted by Gasteiger charge is 2.19. The molecule has 0 aliphatic carbocycles. The molecule has 54 valence electrons. The average Bonchev–Trinajstić information content (AvgIpc) is 2.59. The first-order valence-corrected chi connectivity index (χ1v) is 3.97. The van der Waals surface area contributed by atoms with Crippen molar-refractivity contribution in [1.82, 2.24) is 9.79 Å². The smallest absolute Gasteiger partial charge is 0.126 e. The Hall–Kier alpha value is -0.450. The Morgan fingerprint density at radius 2 is 2.70 bits per heavy atom. The molecule has 1 atom stereocenters. The first-order chi connectivity index (χ1) is 4.97. The summed E-state index contributed by atoms with van der Waals surface area (Å²) in [7, 11) is 0. The van der Waals surface area contributed by atoms with Crippen LogP contribution in [0.4, 0.5) is 0 Å². The van der Waals surface area contributed by atoms with Crippen molar-refractivity contribution < 1.29 is 4.84 Å². The second kappa shape index (κ2) is 2.65. The third kappa shape index (κ3) is 1.05. The van der Waals surface area contributed by atoms with Crippen molar-refractivity contribution in [3.8, 4) is 0 Å². The highest BCUT2D eigenvalue weighted by Crippen LogP contribution is 2.21. The van der Waals surface area contributed by atoms with Gasteiger partial charge in [0.25, 0.3) is 0 Å². The van der Waals surface area contributed by atoms with E-state index in [9.17, 15) is 0 Å². The van der Waals surface area contributed by atoms with Crippen molar-refractivity contribution in [2.24, 2.45) is 0 Å². The molecule has 1 N–H and O–H groups in total. The lowest BCUT2D eigenvalue weighted by atomic mass is 10.5. The Morgan fingerprint density at radius 3 is 3.30 bits per heavy atom. The van der Waals surface area contributed by atoms with Crippen LogP contribution in [0, 0.1) is 0 Å². The number of hydrogen-bond acceptors (Lipinski definition) is 4. The van der Waals surface area contributed by atoms with E-state index >= 15 is 0 Å². The second-order valence-electron chi connectivity index (χ2n) is 2.09. The van der Waals surface area contributed by atoms with Gasteiger partial charge in [-0.15, -0.1) is 5.48 Å². The Balaban J connectivity index is 1.93. The minimum absolute atomic E-state index is 0.236. The van der Waals surface area contributed by atoms with Gasteiger partial charge in [-0.25, -0.2) is 4.31 Å². The van der Waals surface area contributed by atoms with Crippen molar-refractivity contribution in [3.63, 3.8) is 0 Å². The SMILES string of the molecule is C1=CSN(C2C=CON2)C1. The van der Waals surface area contributed by atoms with Crippen LogP contribution in [0.3, 0.4) is 0 Å². The van der Waals surface area contributed by atoms with E-state index in [-0.39, 0.29) is 6.17 Å². The van der Waals surface area contributed by atoms with Gasteiger partial charge in [-0.2, -0.15) is 0 Å². The first kappa shape index (κ1) is 6.27. The van der Waals surface area contributed by atoms with Gasteiger partial charge in [0, 0.05) is 6.54 Å². The van der Waals surface area contributed by atoms with Crippen molar-refractivity contribution in [2.45, 2.75) is 6.17 Å². The third-order valence-electron chi connectivity index (χ3n) is 1.41. The van der Waals surface area contributed by atoms with Crippen LogP contribution < -0.4 is 5.48 Å². The predicted molar refractivity (Wildman–Crippen MR) is 40.6 cm³/mol. The first-order valence-electron chi connectivity index (χ1n) is 3.13. The molecule has 0 bridgehead atoms. The predicted octanol–water partition coefficient (Wildman–Crippen LogP) is 0.838. The molecule has 0 saturated carbocycles. The number of nitrogens with zero attached hydrogens (tertiary/aromatic N) is 1. The summed E-state index contributed by atoms with van der Waals surface area (Å²) < 4.78 is 2.18. The van der Waals surface area contributed by atoms with E-state index in [2.05, 4.69) is 21.3 Å². The van der Waals surface area contributed by atoms with E-state index in [0.29, 0.717) is 0 Å². The van der Waals surface area contributed by atoms with Crippen molar-refractivity contribution in [2.75, 3.05) is 6.54 Å². The third-order valence-corrected chi connectivity index (χ3v) is 2.37. The topological polar surface area (TPSA) is 24.5 Å². The highest BCUT2D eigenvalue weighted by atomic mass is 32.2. The molecule has 0 fully saturated rings. The number of hydrogen-bond donors (Lipinski definition) is 1. The Labute approximate surface area is 63.8 Å². The Kier molecular flexibility index (Phi) is 1.66. The van der Waals surface area contributed by atoms with Crippen molar-refractivity contribution in [1.29, 1.82) is 0 Å². The minimum Gasteiger partial charge on any atom is -0.415 e. The lowest BCUT2D eigenvalue weighted by Crippen LogP contribution is -2.35. The van der Waals surface area contributed by atoms with E-state index in [4.69, 9.17) is 4.84 Å². The molecular formula is C6H8N2OS. The van der Waals surface area contributed by atoms with Crippen LogP contribution in [-0.2, 0) is 4.84 Å². The normalized spacial score (nSPS) is 31.4. The number of rotatable bonds is 1. The van der Waals surface area contributed by atoms with E-state index in [1.54, 1.807) is 18.2 Å². The molecule has 0 saturated heterocycles. The molecule has 1 unspecified atom stereocenters. The summed E-state index contributed by atoms with van der Waals surface area (Å²) in [6.07, 6.45) is 6.02. The summed E-state index contributed by atoms with van der Waals surface area (Å²) in [5, 5.41) is 2.08. The van der Waals surface area contributed by atoms with Crippen molar-refractivity contribution in [3.05, 3.63) is 23.8 Å². The molecule has 0 amide bonds. The average molecular weight is 156 g/mol. The van der Waals surface area contributed by atoms with Crippen LogP contribution in [0.15, 0.2) is 23.8 Å². The molecule has 0 radical (unpaired) electrons. The molecule has 0 aromatic carbocycles. The zero-order valence-electron chi connectivity index (χ0n) is 5.36. The van der Waals surface area contributed by atoms with Gasteiger partial charge >= 0.3 is 0 Å². The van der Waals surface area contributed by atoms with Gasteiger partial charge in [-0.3, -0.25) is 0 Å². The monoisotopic (exact) mass is 156 g/mol. The molecule has 0 spiro atoms. The van der Waals surface area contributed by atoms with Gasteiger partial charge in [-0.1, -0.05) is 6.08 Å². The molecule has 0 aromatic rings. The zero-order chi connectivity index (χ0) is 6.81. The van der Waals surface area contributed by atoms with Crippen LogP contribution >= 0.6 is 11.9 Å². The summed E-state index contributed by atoms with van der Waals surface area (Å²) in [6, 6.07) is 0. The minimum atomic E-state index is 0.236. The Morgan fingerprint density at radius 1 is 1.70 bits per heavy atom. The van der Waals surface area contributed by atoms with Gasteiger partial charge in [0.05, 0.1) is 0 Å². The quantitative estimate of drug-likeness (QED) is 0.568. The van der Waals surface area contributed by atoms with Crippen LogP contribution in [0.5, 0.6) is 0 Å². The summed E-state index contributed by atoms with van der Waals surface area (Å²) in [5.41, 5.74) is 2.85. The fourth-order valence-electron chi connectivity index (χ4n) is 0.907. The summed E-state index contributed by atoms with van der Waals surface area (Å²) in [4.78, 5) is 4.86. The van der Waals surface area contributed by atoms with E-state index in [0.717, 1.165) is 6.54 Å². The number of hydroxylamine groups is 1. The maximum atomic E-state index is 4.86. The van der Waals surface area contributed by atoms with Gasteiger partial charge in [-0.05, 0) is 23.4 Å². The Bertz CT molecular complexity index is 173. The van der Waals surface area contributed by atoms with E-state index in [1.165, 1.54) is 0 Å². The standard InChI is InChI=1S/C6H8N2OS/c1-3-8(10-5-1)6-2-4-9-7-6/h1-2,4-7H,3H2. The fourth-order valence-corrected chi connectivity index (χ4v) is 1.65. The molecule has 2 aliphatic rings. The summed E-state index contributed by atoms with van der Waals surface area (Å²) >= 11 is 1.70. The van der Waals surface area contributed by atoms with E-state index in [1.807, 2.05) is 6.08 Å². The van der Waals surface area contributed by atoms with E-state index < -0.39 is 0 Å². The lowest BCUT2D eigenvalue weighted by molar-refractivity contribution is 0.111. The molecule has 4 heteroatoms.